The summed E-state index contributed by atoms with van der Waals surface area (Å²) in [6.07, 6.45) is 3.85. The zero-order valence-electron chi connectivity index (χ0n) is 10.4. The van der Waals surface area contributed by atoms with Crippen LogP contribution in [-0.2, 0) is 16.3 Å². The molecule has 0 heterocycles. The maximum Gasteiger partial charge on any atom is 0.179 e. The predicted octanol–water partition coefficient (Wildman–Crippen LogP) is 1.90. The van der Waals surface area contributed by atoms with Crippen LogP contribution in [0, 0.1) is 0 Å². The normalized spacial score (nSPS) is 17.6. The largest absolute Gasteiger partial charge is 0.494 e. The summed E-state index contributed by atoms with van der Waals surface area (Å²) >= 11 is 3.35. The van der Waals surface area contributed by atoms with Crippen LogP contribution >= 0.6 is 15.9 Å². The molecule has 6 heteroatoms. The highest BCUT2D eigenvalue weighted by Gasteiger charge is 2.38. The number of nitrogens with two attached hydrogens (primary N) is 1. The van der Waals surface area contributed by atoms with E-state index in [1.807, 2.05) is 6.07 Å². The summed E-state index contributed by atoms with van der Waals surface area (Å²) < 4.78 is 29.3. The molecule has 0 saturated heterocycles. The first kappa shape index (κ1) is 13.8. The maximum atomic E-state index is 11.8. The lowest BCUT2D eigenvalue weighted by Crippen LogP contribution is -2.24. The molecule has 4 nitrogen and oxygen atoms in total. The summed E-state index contributed by atoms with van der Waals surface area (Å²) in [5.41, 5.74) is 6.83. The molecular formula is C12H16BrNO3S. The molecule has 1 fully saturated rings. The molecule has 18 heavy (non-hydrogen) atoms. The summed E-state index contributed by atoms with van der Waals surface area (Å²) in [4.78, 5) is 0.207. The van der Waals surface area contributed by atoms with Gasteiger partial charge in [0, 0.05) is 11.8 Å². The molecule has 0 unspecified atom stereocenters. The average molecular weight is 334 g/mol. The minimum absolute atomic E-state index is 0.150. The van der Waals surface area contributed by atoms with E-state index in [9.17, 15) is 8.42 Å². The van der Waals surface area contributed by atoms with Gasteiger partial charge in [-0.2, -0.15) is 0 Å². The topological polar surface area (TPSA) is 69.4 Å². The SMILES string of the molecule is COc1c(Br)cc(CC2(N)CC2)cc1S(C)(=O)=O. The fourth-order valence-electron chi connectivity index (χ4n) is 1.94. The zero-order chi connectivity index (χ0) is 13.6. The Hall–Kier alpha value is -0.590. The van der Waals surface area contributed by atoms with Crippen molar-refractivity contribution in [2.75, 3.05) is 13.4 Å². The minimum Gasteiger partial charge on any atom is -0.494 e. The van der Waals surface area contributed by atoms with Crippen molar-refractivity contribution in [1.82, 2.24) is 0 Å². The van der Waals surface area contributed by atoms with Crippen LogP contribution in [0.3, 0.4) is 0 Å². The first-order valence-corrected chi connectivity index (χ1v) is 8.29. The molecule has 0 spiro atoms. The Labute approximate surface area is 116 Å². The van der Waals surface area contributed by atoms with E-state index < -0.39 is 9.84 Å². The van der Waals surface area contributed by atoms with Gasteiger partial charge < -0.3 is 10.5 Å². The number of hydrogen-bond acceptors (Lipinski definition) is 4. The molecule has 0 bridgehead atoms. The lowest BCUT2D eigenvalue weighted by molar-refractivity contribution is 0.399. The van der Waals surface area contributed by atoms with Gasteiger partial charge in [0.05, 0.1) is 11.6 Å². The Bertz CT molecular complexity index is 579. The third-order valence-corrected chi connectivity index (χ3v) is 4.81. The van der Waals surface area contributed by atoms with Gasteiger partial charge in [0.25, 0.3) is 0 Å². The summed E-state index contributed by atoms with van der Waals surface area (Å²) in [5.74, 6) is 0.350. The van der Waals surface area contributed by atoms with Crippen LogP contribution in [0.15, 0.2) is 21.5 Å². The molecule has 1 aromatic carbocycles. The maximum absolute atomic E-state index is 11.8. The van der Waals surface area contributed by atoms with Gasteiger partial charge >= 0.3 is 0 Å². The molecule has 100 valence electrons. The fraction of sp³-hybridized carbons (Fsp3) is 0.500. The van der Waals surface area contributed by atoms with Gasteiger partial charge in [-0.1, -0.05) is 0 Å². The van der Waals surface area contributed by atoms with E-state index >= 15 is 0 Å². The number of sulfone groups is 1. The van der Waals surface area contributed by atoms with Gasteiger partial charge in [-0.15, -0.1) is 0 Å². The monoisotopic (exact) mass is 333 g/mol. The average Bonchev–Trinajstić information content (AvgIpc) is 2.94. The van der Waals surface area contributed by atoms with Crippen molar-refractivity contribution < 1.29 is 13.2 Å². The molecule has 0 radical (unpaired) electrons. The summed E-state index contributed by atoms with van der Waals surface area (Å²) in [6.45, 7) is 0. The van der Waals surface area contributed by atoms with Crippen molar-refractivity contribution in [3.05, 3.63) is 22.2 Å². The second-order valence-corrected chi connectivity index (χ2v) is 7.76. The number of halogens is 1. The van der Waals surface area contributed by atoms with Crippen LogP contribution in [-0.4, -0.2) is 27.3 Å². The van der Waals surface area contributed by atoms with Gasteiger partial charge in [-0.3, -0.25) is 0 Å². The second-order valence-electron chi connectivity index (χ2n) is 4.92. The molecule has 0 aromatic heterocycles. The highest BCUT2D eigenvalue weighted by molar-refractivity contribution is 9.10. The lowest BCUT2D eigenvalue weighted by Gasteiger charge is -2.14. The Morgan fingerprint density at radius 3 is 2.50 bits per heavy atom. The van der Waals surface area contributed by atoms with Gasteiger partial charge in [0.1, 0.15) is 4.90 Å². The second kappa shape index (κ2) is 4.51. The van der Waals surface area contributed by atoms with Crippen LogP contribution in [0.5, 0.6) is 5.75 Å². The van der Waals surface area contributed by atoms with Crippen LogP contribution in [0.4, 0.5) is 0 Å². The Balaban J connectivity index is 2.49. The Kier molecular flexibility index (Phi) is 3.46. The molecule has 2 rings (SSSR count). The first-order valence-electron chi connectivity index (χ1n) is 5.60. The quantitative estimate of drug-likeness (QED) is 0.913. The van der Waals surface area contributed by atoms with E-state index in [1.165, 1.54) is 13.4 Å². The predicted molar refractivity (Wildman–Crippen MR) is 73.7 cm³/mol. The summed E-state index contributed by atoms with van der Waals surface area (Å²) in [7, 11) is -1.86. The van der Waals surface area contributed by atoms with Gasteiger partial charge in [0.15, 0.2) is 15.6 Å². The molecule has 0 amide bonds. The highest BCUT2D eigenvalue weighted by Crippen LogP contribution is 2.39. The molecule has 0 aliphatic heterocycles. The highest BCUT2D eigenvalue weighted by atomic mass is 79.9. The van der Waals surface area contributed by atoms with E-state index in [-0.39, 0.29) is 10.4 Å². The van der Waals surface area contributed by atoms with Crippen LogP contribution < -0.4 is 10.5 Å². The van der Waals surface area contributed by atoms with E-state index in [1.54, 1.807) is 6.07 Å². The molecule has 1 aliphatic carbocycles. The molecule has 1 aliphatic rings. The fourth-order valence-corrected chi connectivity index (χ4v) is 3.64. The number of hydrogen-bond donors (Lipinski definition) is 1. The molecule has 1 aromatic rings. The van der Waals surface area contributed by atoms with Crippen molar-refractivity contribution in [3.8, 4) is 5.75 Å². The number of benzene rings is 1. The molecule has 2 N–H and O–H groups in total. The third kappa shape index (κ3) is 2.87. The van der Waals surface area contributed by atoms with Crippen molar-refractivity contribution >= 4 is 25.8 Å². The lowest BCUT2D eigenvalue weighted by atomic mass is 10.1. The molecular weight excluding hydrogens is 318 g/mol. The summed E-state index contributed by atoms with van der Waals surface area (Å²) in [6, 6.07) is 3.53. The number of rotatable bonds is 4. The Morgan fingerprint density at radius 1 is 1.44 bits per heavy atom. The summed E-state index contributed by atoms with van der Waals surface area (Å²) in [5, 5.41) is 0. The standard InChI is InChI=1S/C12H16BrNO3S/c1-17-11-9(13)5-8(7-12(14)3-4-12)6-10(11)18(2,15)16/h5-6H,3-4,7,14H2,1-2H3. The van der Waals surface area contributed by atoms with Crippen molar-refractivity contribution in [2.24, 2.45) is 5.73 Å². The Morgan fingerprint density at radius 2 is 2.06 bits per heavy atom. The number of ether oxygens (including phenoxy) is 1. The van der Waals surface area contributed by atoms with Crippen LogP contribution in [0.25, 0.3) is 0 Å². The minimum atomic E-state index is -3.32. The first-order chi connectivity index (χ1) is 8.25. The number of methoxy groups -OCH3 is 1. The van der Waals surface area contributed by atoms with Gasteiger partial charge in [-0.05, 0) is 52.9 Å². The van der Waals surface area contributed by atoms with Crippen molar-refractivity contribution in [3.63, 3.8) is 0 Å². The zero-order valence-corrected chi connectivity index (χ0v) is 12.8. The molecule has 1 saturated carbocycles. The van der Waals surface area contributed by atoms with Gasteiger partial charge in [-0.25, -0.2) is 8.42 Å². The van der Waals surface area contributed by atoms with Gasteiger partial charge in [0.2, 0.25) is 0 Å². The van der Waals surface area contributed by atoms with E-state index in [2.05, 4.69) is 15.9 Å². The van der Waals surface area contributed by atoms with E-state index in [0.29, 0.717) is 16.6 Å². The van der Waals surface area contributed by atoms with Crippen molar-refractivity contribution in [1.29, 1.82) is 0 Å². The van der Waals surface area contributed by atoms with Crippen molar-refractivity contribution in [2.45, 2.75) is 29.7 Å². The molecule has 0 atom stereocenters. The smallest absolute Gasteiger partial charge is 0.179 e. The van der Waals surface area contributed by atoms with Crippen LogP contribution in [0.2, 0.25) is 0 Å². The van der Waals surface area contributed by atoms with Crippen LogP contribution in [0.1, 0.15) is 18.4 Å². The van der Waals surface area contributed by atoms with E-state index in [4.69, 9.17) is 10.5 Å². The third-order valence-electron chi connectivity index (χ3n) is 3.12. The van der Waals surface area contributed by atoms with E-state index in [0.717, 1.165) is 18.4 Å².